The smallest absolute Gasteiger partial charge is 0.218 e. The average molecular weight is 154 g/mol. The minimum atomic E-state index is -0.647. The minimum Gasteiger partial charge on any atom is -0.338 e. The van der Waals surface area contributed by atoms with Crippen molar-refractivity contribution in [1.29, 1.82) is 5.26 Å². The quantitative estimate of drug-likeness (QED) is 0.664. The molecule has 0 heterocycles. The first-order valence-corrected chi connectivity index (χ1v) is 3.80. The number of carbonyl (C=O) groups is 1. The first-order valence-electron chi connectivity index (χ1n) is 3.80. The van der Waals surface area contributed by atoms with E-state index in [1.54, 1.807) is 0 Å². The van der Waals surface area contributed by atoms with Gasteiger partial charge in [0.15, 0.2) is 0 Å². The van der Waals surface area contributed by atoms with Crippen molar-refractivity contribution in [3.05, 3.63) is 0 Å². The average Bonchev–Trinajstić information content (AvgIpc) is 2.00. The van der Waals surface area contributed by atoms with Gasteiger partial charge in [-0.15, -0.1) is 0 Å². The van der Waals surface area contributed by atoms with Gasteiger partial charge in [0.1, 0.15) is 5.54 Å². The molecule has 0 saturated carbocycles. The highest BCUT2D eigenvalue weighted by Crippen LogP contribution is 2.12. The van der Waals surface area contributed by atoms with Gasteiger partial charge in [-0.05, 0) is 12.8 Å². The highest BCUT2D eigenvalue weighted by molar-refractivity contribution is 5.74. The highest BCUT2D eigenvalue weighted by Gasteiger charge is 2.25. The van der Waals surface area contributed by atoms with Gasteiger partial charge in [-0.2, -0.15) is 5.26 Å². The molecule has 1 N–H and O–H groups in total. The summed E-state index contributed by atoms with van der Waals surface area (Å²) in [6.07, 6.45) is 1.30. The maximum absolute atomic E-state index is 10.7. The number of hydrogen-bond donors (Lipinski definition) is 1. The van der Waals surface area contributed by atoms with E-state index in [1.165, 1.54) is 6.92 Å². The van der Waals surface area contributed by atoms with E-state index in [9.17, 15) is 4.79 Å². The molecule has 0 bridgehead atoms. The number of nitrogens with one attached hydrogen (secondary N) is 1. The predicted octanol–water partition coefficient (Wildman–Crippen LogP) is 1.20. The van der Waals surface area contributed by atoms with Crippen LogP contribution in [0.5, 0.6) is 0 Å². The molecule has 11 heavy (non-hydrogen) atoms. The van der Waals surface area contributed by atoms with Crippen molar-refractivity contribution in [1.82, 2.24) is 5.32 Å². The molecular formula is C8H14N2O. The highest BCUT2D eigenvalue weighted by atomic mass is 16.1. The van der Waals surface area contributed by atoms with E-state index in [-0.39, 0.29) is 5.91 Å². The molecule has 62 valence electrons. The van der Waals surface area contributed by atoms with Gasteiger partial charge in [-0.1, -0.05) is 13.8 Å². The predicted molar refractivity (Wildman–Crippen MR) is 42.7 cm³/mol. The summed E-state index contributed by atoms with van der Waals surface area (Å²) in [5, 5.41) is 11.4. The normalized spacial score (nSPS) is 10.4. The van der Waals surface area contributed by atoms with Crippen molar-refractivity contribution in [2.45, 2.75) is 39.2 Å². The summed E-state index contributed by atoms with van der Waals surface area (Å²) in [5.41, 5.74) is -0.647. The molecule has 3 heteroatoms. The van der Waals surface area contributed by atoms with Gasteiger partial charge in [-0.3, -0.25) is 4.79 Å². The van der Waals surface area contributed by atoms with Crippen molar-refractivity contribution in [2.24, 2.45) is 0 Å². The lowest BCUT2D eigenvalue weighted by Gasteiger charge is -2.23. The fraction of sp³-hybridized carbons (Fsp3) is 0.750. The van der Waals surface area contributed by atoms with Crippen LogP contribution in [0.15, 0.2) is 0 Å². The summed E-state index contributed by atoms with van der Waals surface area (Å²) in [5.74, 6) is -0.143. The number of amides is 1. The van der Waals surface area contributed by atoms with Crippen molar-refractivity contribution in [3.63, 3.8) is 0 Å². The Morgan fingerprint density at radius 1 is 1.55 bits per heavy atom. The van der Waals surface area contributed by atoms with Crippen LogP contribution in [0.4, 0.5) is 0 Å². The van der Waals surface area contributed by atoms with E-state index in [1.807, 2.05) is 13.8 Å². The number of nitriles is 1. The summed E-state index contributed by atoms with van der Waals surface area (Å²) < 4.78 is 0. The maximum atomic E-state index is 10.7. The molecule has 0 radical (unpaired) electrons. The second-order valence-corrected chi connectivity index (χ2v) is 2.58. The van der Waals surface area contributed by atoms with Crippen molar-refractivity contribution in [3.8, 4) is 6.07 Å². The molecule has 0 spiro atoms. The number of hydrogen-bond acceptors (Lipinski definition) is 2. The Hall–Kier alpha value is -1.04. The fourth-order valence-electron chi connectivity index (χ4n) is 0.950. The maximum Gasteiger partial charge on any atom is 0.218 e. The van der Waals surface area contributed by atoms with Gasteiger partial charge < -0.3 is 5.32 Å². The third-order valence-electron chi connectivity index (χ3n) is 1.84. The van der Waals surface area contributed by atoms with Crippen LogP contribution in [0.1, 0.15) is 33.6 Å². The van der Waals surface area contributed by atoms with Gasteiger partial charge in [0, 0.05) is 6.92 Å². The van der Waals surface area contributed by atoms with Crippen LogP contribution >= 0.6 is 0 Å². The van der Waals surface area contributed by atoms with Gasteiger partial charge in [0.05, 0.1) is 6.07 Å². The van der Waals surface area contributed by atoms with Crippen LogP contribution in [-0.2, 0) is 4.79 Å². The monoisotopic (exact) mass is 154 g/mol. The summed E-state index contributed by atoms with van der Waals surface area (Å²) >= 11 is 0. The number of rotatable bonds is 3. The lowest BCUT2D eigenvalue weighted by Crippen LogP contribution is -2.45. The number of nitrogens with zero attached hydrogens (tertiary/aromatic N) is 1. The molecule has 0 fully saturated rings. The second kappa shape index (κ2) is 3.97. The molecule has 0 unspecified atom stereocenters. The summed E-state index contributed by atoms with van der Waals surface area (Å²) in [4.78, 5) is 10.7. The Balaban J connectivity index is 4.32. The molecule has 0 aliphatic heterocycles. The lowest BCUT2D eigenvalue weighted by atomic mass is 9.95. The van der Waals surface area contributed by atoms with E-state index in [2.05, 4.69) is 11.4 Å². The first-order chi connectivity index (χ1) is 5.10. The van der Waals surface area contributed by atoms with Gasteiger partial charge in [0.25, 0.3) is 0 Å². The molecule has 0 aromatic carbocycles. The first kappa shape index (κ1) is 9.96. The second-order valence-electron chi connectivity index (χ2n) is 2.58. The molecule has 0 aliphatic carbocycles. The molecule has 3 nitrogen and oxygen atoms in total. The van der Waals surface area contributed by atoms with Gasteiger partial charge in [-0.25, -0.2) is 0 Å². The summed E-state index contributed by atoms with van der Waals surface area (Å²) in [6, 6.07) is 2.11. The van der Waals surface area contributed by atoms with Gasteiger partial charge >= 0.3 is 0 Å². The van der Waals surface area contributed by atoms with E-state index in [0.29, 0.717) is 12.8 Å². The Labute approximate surface area is 67.4 Å². The van der Waals surface area contributed by atoms with Crippen molar-refractivity contribution >= 4 is 5.91 Å². The topological polar surface area (TPSA) is 52.9 Å². The Bertz CT molecular complexity index is 177. The Kier molecular flexibility index (Phi) is 3.59. The Morgan fingerprint density at radius 3 is 2.09 bits per heavy atom. The third-order valence-corrected chi connectivity index (χ3v) is 1.84. The molecule has 0 aliphatic rings. The molecule has 0 rings (SSSR count). The van der Waals surface area contributed by atoms with Crippen LogP contribution in [0.25, 0.3) is 0 Å². The molecule has 1 amide bonds. The largest absolute Gasteiger partial charge is 0.338 e. The Morgan fingerprint density at radius 2 is 2.00 bits per heavy atom. The summed E-state index contributed by atoms with van der Waals surface area (Å²) in [6.45, 7) is 5.21. The summed E-state index contributed by atoms with van der Waals surface area (Å²) in [7, 11) is 0. The van der Waals surface area contributed by atoms with E-state index < -0.39 is 5.54 Å². The van der Waals surface area contributed by atoms with Crippen molar-refractivity contribution in [2.75, 3.05) is 0 Å². The van der Waals surface area contributed by atoms with Crippen LogP contribution in [0.2, 0.25) is 0 Å². The third kappa shape index (κ3) is 2.58. The molecular weight excluding hydrogens is 140 g/mol. The zero-order valence-corrected chi connectivity index (χ0v) is 7.27. The van der Waals surface area contributed by atoms with Crippen LogP contribution in [0, 0.1) is 11.3 Å². The van der Waals surface area contributed by atoms with Crippen LogP contribution in [0.3, 0.4) is 0 Å². The molecule has 0 atom stereocenters. The van der Waals surface area contributed by atoms with E-state index in [0.717, 1.165) is 0 Å². The van der Waals surface area contributed by atoms with E-state index >= 15 is 0 Å². The van der Waals surface area contributed by atoms with E-state index in [4.69, 9.17) is 5.26 Å². The molecule has 0 saturated heterocycles. The van der Waals surface area contributed by atoms with Crippen LogP contribution < -0.4 is 5.32 Å². The van der Waals surface area contributed by atoms with Crippen molar-refractivity contribution < 1.29 is 4.79 Å². The van der Waals surface area contributed by atoms with Gasteiger partial charge in [0.2, 0.25) is 5.91 Å². The lowest BCUT2D eigenvalue weighted by molar-refractivity contribution is -0.120. The standard InChI is InChI=1S/C8H14N2O/c1-4-8(5-2,6-9)10-7(3)11/h4-5H2,1-3H3,(H,10,11). The molecule has 0 aromatic heterocycles. The SMILES string of the molecule is CCC(C#N)(CC)NC(C)=O. The zero-order chi connectivity index (χ0) is 8.91. The molecule has 0 aromatic rings. The van der Waals surface area contributed by atoms with Crippen LogP contribution in [-0.4, -0.2) is 11.4 Å². The zero-order valence-electron chi connectivity index (χ0n) is 7.27. The minimum absolute atomic E-state index is 0.143. The number of carbonyl (C=O) groups excluding carboxylic acids is 1. The fourth-order valence-corrected chi connectivity index (χ4v) is 0.950.